The molecule has 0 aromatic heterocycles. The predicted molar refractivity (Wildman–Crippen MR) is 50.2 cm³/mol. The van der Waals surface area contributed by atoms with Crippen molar-refractivity contribution in [3.8, 4) is 0 Å². The molecule has 4 N–H and O–H groups in total. The highest BCUT2D eigenvalue weighted by Gasteiger charge is 2.09. The maximum absolute atomic E-state index is 11.1. The minimum Gasteiger partial charge on any atom is -0.356 e. The fourth-order valence-electron chi connectivity index (χ4n) is 0.810. The molecule has 0 saturated heterocycles. The molecule has 0 aliphatic rings. The van der Waals surface area contributed by atoms with Gasteiger partial charge in [-0.15, -0.1) is 0 Å². The van der Waals surface area contributed by atoms with E-state index in [1.54, 1.807) is 11.9 Å². The van der Waals surface area contributed by atoms with Crippen molar-refractivity contribution in [1.82, 2.24) is 15.5 Å². The zero-order valence-electron chi connectivity index (χ0n) is 8.37. The number of nitrogens with zero attached hydrogens (tertiary/aromatic N) is 1. The van der Waals surface area contributed by atoms with Gasteiger partial charge in [0.2, 0.25) is 5.91 Å². The van der Waals surface area contributed by atoms with Gasteiger partial charge in [-0.25, -0.2) is 4.79 Å². The van der Waals surface area contributed by atoms with Crippen LogP contribution in [0.25, 0.3) is 0 Å². The maximum atomic E-state index is 11.1. The molecule has 0 aromatic rings. The van der Waals surface area contributed by atoms with E-state index in [2.05, 4.69) is 16.1 Å². The number of likely N-dealkylation sites (N-methyl/N-ethyl adjacent to an activating group) is 2. The summed E-state index contributed by atoms with van der Waals surface area (Å²) < 4.78 is 0. The summed E-state index contributed by atoms with van der Waals surface area (Å²) in [6, 6.07) is 0. The highest BCUT2D eigenvalue weighted by atomic mass is 16.7. The molecule has 14 heavy (non-hydrogen) atoms. The third-order valence-corrected chi connectivity index (χ3v) is 1.51. The summed E-state index contributed by atoms with van der Waals surface area (Å²) in [5.74, 6) is 4.10. The molecule has 0 unspecified atom stereocenters. The van der Waals surface area contributed by atoms with Crippen LogP contribution in [-0.4, -0.2) is 50.6 Å². The predicted octanol–water partition coefficient (Wildman–Crippen LogP) is -1.74. The van der Waals surface area contributed by atoms with Gasteiger partial charge >= 0.3 is 6.09 Å². The molecule has 82 valence electrons. The normalized spacial score (nSPS) is 10.0. The molecule has 0 aromatic carbocycles. The van der Waals surface area contributed by atoms with Gasteiger partial charge in [0.05, 0.1) is 6.54 Å². The van der Waals surface area contributed by atoms with E-state index in [1.807, 2.05) is 12.4 Å². The molecule has 0 atom stereocenters. The number of amides is 2. The molecule has 7 nitrogen and oxygen atoms in total. The average Bonchev–Trinajstić information content (AvgIpc) is 2.14. The van der Waals surface area contributed by atoms with Crippen LogP contribution in [0.4, 0.5) is 4.79 Å². The first kappa shape index (κ1) is 12.8. The second-order valence-corrected chi connectivity index (χ2v) is 2.79. The number of hydrogen-bond acceptors (Lipinski definition) is 6. The molecular formula is C7H16N4O3. The third-order valence-electron chi connectivity index (χ3n) is 1.51. The number of hydrogen-bond donors (Lipinski definition) is 3. The number of nitrogens with two attached hydrogens (primary N) is 1. The van der Waals surface area contributed by atoms with E-state index in [-0.39, 0.29) is 6.54 Å². The van der Waals surface area contributed by atoms with E-state index in [9.17, 15) is 9.59 Å². The lowest BCUT2D eigenvalue weighted by Gasteiger charge is -2.14. The van der Waals surface area contributed by atoms with Crippen molar-refractivity contribution < 1.29 is 14.4 Å². The van der Waals surface area contributed by atoms with Crippen molar-refractivity contribution in [3.63, 3.8) is 0 Å². The van der Waals surface area contributed by atoms with Crippen LogP contribution in [0.5, 0.6) is 0 Å². The van der Waals surface area contributed by atoms with Crippen LogP contribution in [0, 0.1) is 0 Å². The number of carbonyl (C=O) groups is 2. The molecule has 0 aliphatic heterocycles. The summed E-state index contributed by atoms with van der Waals surface area (Å²) in [7, 11) is 3.59. The van der Waals surface area contributed by atoms with Crippen LogP contribution in [0.3, 0.4) is 0 Å². The van der Waals surface area contributed by atoms with Gasteiger partial charge in [0.1, 0.15) is 0 Å². The molecule has 0 fully saturated rings. The van der Waals surface area contributed by atoms with Crippen molar-refractivity contribution in [2.75, 3.05) is 33.7 Å². The first-order valence-electron chi connectivity index (χ1n) is 4.13. The lowest BCUT2D eigenvalue weighted by Crippen LogP contribution is -2.41. The number of imide groups is 1. The van der Waals surface area contributed by atoms with Gasteiger partial charge in [-0.2, -0.15) is 5.90 Å². The molecule has 0 radical (unpaired) electrons. The van der Waals surface area contributed by atoms with Crippen LogP contribution >= 0.6 is 0 Å². The van der Waals surface area contributed by atoms with E-state index < -0.39 is 12.0 Å². The van der Waals surface area contributed by atoms with E-state index in [4.69, 9.17) is 0 Å². The van der Waals surface area contributed by atoms with Crippen LogP contribution in [0.1, 0.15) is 0 Å². The maximum Gasteiger partial charge on any atom is 0.432 e. The van der Waals surface area contributed by atoms with Gasteiger partial charge < -0.3 is 10.2 Å². The molecule has 0 spiro atoms. The number of nitrogens with one attached hydrogen (secondary N) is 2. The van der Waals surface area contributed by atoms with Gasteiger partial charge in [0.15, 0.2) is 0 Å². The summed E-state index contributed by atoms with van der Waals surface area (Å²) in [4.78, 5) is 27.1. The zero-order valence-corrected chi connectivity index (χ0v) is 8.37. The minimum atomic E-state index is -0.947. The first-order chi connectivity index (χ1) is 6.60. The Morgan fingerprint density at radius 2 is 2.14 bits per heavy atom. The Hall–Kier alpha value is -1.18. The van der Waals surface area contributed by atoms with Gasteiger partial charge in [-0.1, -0.05) is 0 Å². The SMILES string of the molecule is CNCCN(C)CC(=O)NC(=O)ON. The molecule has 0 rings (SSSR count). The largest absolute Gasteiger partial charge is 0.432 e. The van der Waals surface area contributed by atoms with Gasteiger partial charge in [0.25, 0.3) is 0 Å². The molecule has 0 bridgehead atoms. The summed E-state index contributed by atoms with van der Waals surface area (Å²) in [5, 5.41) is 4.89. The van der Waals surface area contributed by atoms with Crippen molar-refractivity contribution in [3.05, 3.63) is 0 Å². The molecule has 2 amide bonds. The van der Waals surface area contributed by atoms with Gasteiger partial charge in [0, 0.05) is 13.1 Å². The van der Waals surface area contributed by atoms with Crippen molar-refractivity contribution >= 4 is 12.0 Å². The van der Waals surface area contributed by atoms with Crippen LogP contribution in [0.2, 0.25) is 0 Å². The Morgan fingerprint density at radius 3 is 2.64 bits per heavy atom. The lowest BCUT2D eigenvalue weighted by molar-refractivity contribution is -0.121. The summed E-state index contributed by atoms with van der Waals surface area (Å²) >= 11 is 0. The number of rotatable bonds is 5. The lowest BCUT2D eigenvalue weighted by atomic mass is 10.5. The Bertz CT molecular complexity index is 197. The van der Waals surface area contributed by atoms with E-state index >= 15 is 0 Å². The molecule has 0 saturated carbocycles. The molecular weight excluding hydrogens is 188 g/mol. The average molecular weight is 204 g/mol. The topological polar surface area (TPSA) is 96.7 Å². The Morgan fingerprint density at radius 1 is 1.50 bits per heavy atom. The fraction of sp³-hybridized carbons (Fsp3) is 0.714. The monoisotopic (exact) mass is 204 g/mol. The van der Waals surface area contributed by atoms with Gasteiger partial charge in [-0.05, 0) is 14.1 Å². The molecule has 7 heteroatoms. The van der Waals surface area contributed by atoms with E-state index in [0.717, 1.165) is 6.54 Å². The summed E-state index contributed by atoms with van der Waals surface area (Å²) in [5.41, 5.74) is 0. The van der Waals surface area contributed by atoms with E-state index in [1.165, 1.54) is 0 Å². The standard InChI is InChI=1S/C7H16N4O3/c1-9-3-4-11(2)5-6(12)10-7(13)14-8/h9H,3-5,8H2,1-2H3,(H,10,12,13). The Labute approximate surface area is 82.5 Å². The Kier molecular flexibility index (Phi) is 6.63. The third kappa shape index (κ3) is 6.35. The smallest absolute Gasteiger partial charge is 0.356 e. The van der Waals surface area contributed by atoms with Crippen LogP contribution in [-0.2, 0) is 9.63 Å². The minimum absolute atomic E-state index is 0.122. The van der Waals surface area contributed by atoms with Gasteiger partial charge in [-0.3, -0.25) is 15.0 Å². The highest BCUT2D eigenvalue weighted by molar-refractivity contribution is 5.92. The Balaban J connectivity index is 3.65. The first-order valence-corrected chi connectivity index (χ1v) is 4.13. The second kappa shape index (κ2) is 7.25. The fourth-order valence-corrected chi connectivity index (χ4v) is 0.810. The summed E-state index contributed by atoms with van der Waals surface area (Å²) in [6.45, 7) is 1.60. The quantitative estimate of drug-likeness (QED) is 0.460. The molecule has 0 aliphatic carbocycles. The second-order valence-electron chi connectivity index (χ2n) is 2.79. The van der Waals surface area contributed by atoms with Crippen molar-refractivity contribution in [2.45, 2.75) is 0 Å². The van der Waals surface area contributed by atoms with Crippen LogP contribution in [0.15, 0.2) is 0 Å². The molecule has 0 heterocycles. The van der Waals surface area contributed by atoms with Crippen molar-refractivity contribution in [1.29, 1.82) is 0 Å². The van der Waals surface area contributed by atoms with Crippen molar-refractivity contribution in [2.24, 2.45) is 5.90 Å². The zero-order chi connectivity index (χ0) is 11.0. The van der Waals surface area contributed by atoms with E-state index in [0.29, 0.717) is 6.54 Å². The van der Waals surface area contributed by atoms with Crippen LogP contribution < -0.4 is 16.5 Å². The highest BCUT2D eigenvalue weighted by Crippen LogP contribution is 1.81. The summed E-state index contributed by atoms with van der Waals surface area (Å²) in [6.07, 6.45) is -0.947. The number of carbonyl (C=O) groups excluding carboxylic acids is 2.